The first-order chi connectivity index (χ1) is 8.44. The second-order valence-electron chi connectivity index (χ2n) is 4.01. The van der Waals surface area contributed by atoms with E-state index in [1.807, 2.05) is 0 Å². The molecule has 6 nitrogen and oxygen atoms in total. The van der Waals surface area contributed by atoms with Gasteiger partial charge in [-0.1, -0.05) is 0 Å². The van der Waals surface area contributed by atoms with Crippen molar-refractivity contribution in [2.45, 2.75) is 17.9 Å². The fraction of sp³-hybridized carbons (Fsp3) is 0.364. The summed E-state index contributed by atoms with van der Waals surface area (Å²) < 4.78 is 29.0. The molecule has 0 aromatic heterocycles. The Kier molecular flexibility index (Phi) is 3.27. The van der Waals surface area contributed by atoms with Gasteiger partial charge in [-0.25, -0.2) is 8.42 Å². The largest absolute Gasteiger partial charge is 0.479 e. The fourth-order valence-electron chi connectivity index (χ4n) is 1.65. The predicted molar refractivity (Wildman–Crippen MR) is 66.3 cm³/mol. The van der Waals surface area contributed by atoms with Crippen LogP contribution in [0.4, 0.5) is 5.69 Å². The number of rotatable bonds is 3. The average Bonchev–Trinajstić information content (AvgIpc) is 2.30. The van der Waals surface area contributed by atoms with Gasteiger partial charge in [-0.3, -0.25) is 4.79 Å². The zero-order valence-electron chi connectivity index (χ0n) is 9.84. The molecule has 0 spiro atoms. The second kappa shape index (κ2) is 4.58. The van der Waals surface area contributed by atoms with Gasteiger partial charge in [0.25, 0.3) is 5.91 Å². The van der Waals surface area contributed by atoms with Gasteiger partial charge in [0.2, 0.25) is 0 Å². The molecular formula is C11H14N2O4S. The van der Waals surface area contributed by atoms with Gasteiger partial charge in [-0.15, -0.1) is 0 Å². The quantitative estimate of drug-likeness (QED) is 0.814. The van der Waals surface area contributed by atoms with Crippen molar-refractivity contribution in [3.63, 3.8) is 0 Å². The van der Waals surface area contributed by atoms with E-state index in [2.05, 4.69) is 5.32 Å². The monoisotopic (exact) mass is 270 g/mol. The molecule has 0 aliphatic carbocycles. The van der Waals surface area contributed by atoms with Crippen LogP contribution in [-0.2, 0) is 14.6 Å². The summed E-state index contributed by atoms with van der Waals surface area (Å²) >= 11 is 0. The molecule has 1 aromatic carbocycles. The third-order valence-electron chi connectivity index (χ3n) is 2.63. The third-order valence-corrected chi connectivity index (χ3v) is 4.37. The van der Waals surface area contributed by atoms with E-state index in [0.29, 0.717) is 11.4 Å². The minimum atomic E-state index is -3.41. The van der Waals surface area contributed by atoms with Gasteiger partial charge in [0.15, 0.2) is 15.9 Å². The summed E-state index contributed by atoms with van der Waals surface area (Å²) in [6.07, 6.45) is -0.580. The summed E-state index contributed by atoms with van der Waals surface area (Å²) in [5, 5.41) is 2.60. The van der Waals surface area contributed by atoms with Crippen molar-refractivity contribution in [2.24, 2.45) is 5.73 Å². The van der Waals surface area contributed by atoms with Crippen LogP contribution in [0.1, 0.15) is 6.92 Å². The van der Waals surface area contributed by atoms with Gasteiger partial charge in [-0.2, -0.15) is 0 Å². The SMILES string of the molecule is CC1Oc2ccc(S(=O)(=O)CCN)cc2NC1=O. The van der Waals surface area contributed by atoms with Crippen LogP contribution in [0.25, 0.3) is 0 Å². The van der Waals surface area contributed by atoms with Crippen molar-refractivity contribution < 1.29 is 17.9 Å². The van der Waals surface area contributed by atoms with Crippen molar-refractivity contribution in [2.75, 3.05) is 17.6 Å². The normalized spacial score (nSPS) is 18.8. The summed E-state index contributed by atoms with van der Waals surface area (Å²) in [5.74, 6) is 0.0430. The second-order valence-corrected chi connectivity index (χ2v) is 6.12. The maximum absolute atomic E-state index is 11.8. The summed E-state index contributed by atoms with van der Waals surface area (Å²) in [4.78, 5) is 11.6. The summed E-state index contributed by atoms with van der Waals surface area (Å²) in [6, 6.07) is 4.38. The van der Waals surface area contributed by atoms with Crippen LogP contribution in [0.3, 0.4) is 0 Å². The lowest BCUT2D eigenvalue weighted by Gasteiger charge is -2.23. The molecule has 0 saturated heterocycles. The predicted octanol–water partition coefficient (Wildman–Crippen LogP) is 0.138. The van der Waals surface area contributed by atoms with Crippen molar-refractivity contribution >= 4 is 21.4 Å². The fourth-order valence-corrected chi connectivity index (χ4v) is 2.77. The molecule has 1 heterocycles. The zero-order valence-corrected chi connectivity index (χ0v) is 10.7. The first-order valence-corrected chi connectivity index (χ1v) is 7.13. The standard InChI is InChI=1S/C11H14N2O4S/c1-7-11(14)13-9-6-8(2-3-10(9)17-7)18(15,16)5-4-12/h2-3,6-7H,4-5,12H2,1H3,(H,13,14). The van der Waals surface area contributed by atoms with E-state index in [1.54, 1.807) is 6.92 Å². The van der Waals surface area contributed by atoms with Gasteiger partial charge in [0, 0.05) is 6.54 Å². The lowest BCUT2D eigenvalue weighted by molar-refractivity contribution is -0.122. The highest BCUT2D eigenvalue weighted by Crippen LogP contribution is 2.31. The molecule has 1 atom stereocenters. The maximum Gasteiger partial charge on any atom is 0.265 e. The van der Waals surface area contributed by atoms with Crippen LogP contribution in [-0.4, -0.2) is 32.7 Å². The number of amides is 1. The van der Waals surface area contributed by atoms with Gasteiger partial charge in [0.05, 0.1) is 16.3 Å². The molecule has 7 heteroatoms. The Balaban J connectivity index is 2.39. The Morgan fingerprint density at radius 3 is 2.83 bits per heavy atom. The van der Waals surface area contributed by atoms with E-state index in [1.165, 1.54) is 18.2 Å². The number of nitrogens with one attached hydrogen (secondary N) is 1. The summed E-state index contributed by atoms with van der Waals surface area (Å²) in [5.41, 5.74) is 5.63. The Hall–Kier alpha value is -1.60. The van der Waals surface area contributed by atoms with Crippen LogP contribution in [0.15, 0.2) is 23.1 Å². The van der Waals surface area contributed by atoms with Crippen molar-refractivity contribution in [1.82, 2.24) is 0 Å². The first-order valence-electron chi connectivity index (χ1n) is 5.48. The number of sulfone groups is 1. The minimum absolute atomic E-state index is 0.0549. The third kappa shape index (κ3) is 2.32. The highest BCUT2D eigenvalue weighted by molar-refractivity contribution is 7.91. The van der Waals surface area contributed by atoms with Crippen molar-refractivity contribution in [3.8, 4) is 5.75 Å². The van der Waals surface area contributed by atoms with Crippen molar-refractivity contribution in [3.05, 3.63) is 18.2 Å². The van der Waals surface area contributed by atoms with E-state index in [9.17, 15) is 13.2 Å². The molecule has 2 rings (SSSR count). The molecular weight excluding hydrogens is 256 g/mol. The number of fused-ring (bicyclic) bond motifs is 1. The van der Waals surface area contributed by atoms with Crippen LogP contribution < -0.4 is 15.8 Å². The zero-order chi connectivity index (χ0) is 13.3. The van der Waals surface area contributed by atoms with Crippen LogP contribution in [0.5, 0.6) is 5.75 Å². The number of benzene rings is 1. The maximum atomic E-state index is 11.8. The Bertz CT molecular complexity index is 583. The minimum Gasteiger partial charge on any atom is -0.479 e. The van der Waals surface area contributed by atoms with Gasteiger partial charge >= 0.3 is 0 Å². The number of ether oxygens (including phenoxy) is 1. The Labute approximate surface area is 105 Å². The lowest BCUT2D eigenvalue weighted by atomic mass is 10.2. The first kappa shape index (κ1) is 12.8. The van der Waals surface area contributed by atoms with Crippen LogP contribution in [0, 0.1) is 0 Å². The van der Waals surface area contributed by atoms with E-state index in [0.717, 1.165) is 0 Å². The number of hydrogen-bond acceptors (Lipinski definition) is 5. The highest BCUT2D eigenvalue weighted by atomic mass is 32.2. The average molecular weight is 270 g/mol. The molecule has 1 amide bonds. The van der Waals surface area contributed by atoms with Gasteiger partial charge in [0.1, 0.15) is 5.75 Å². The number of carbonyl (C=O) groups is 1. The molecule has 1 aliphatic heterocycles. The van der Waals surface area contributed by atoms with E-state index < -0.39 is 15.9 Å². The molecule has 0 bridgehead atoms. The van der Waals surface area contributed by atoms with Crippen LogP contribution in [0.2, 0.25) is 0 Å². The molecule has 1 unspecified atom stereocenters. The smallest absolute Gasteiger partial charge is 0.265 e. The topological polar surface area (TPSA) is 98.5 Å². The summed E-state index contributed by atoms with van der Waals surface area (Å²) in [7, 11) is -3.41. The Morgan fingerprint density at radius 2 is 2.17 bits per heavy atom. The van der Waals surface area contributed by atoms with E-state index >= 15 is 0 Å². The molecule has 1 aromatic rings. The van der Waals surface area contributed by atoms with Crippen LogP contribution >= 0.6 is 0 Å². The highest BCUT2D eigenvalue weighted by Gasteiger charge is 2.25. The number of carbonyl (C=O) groups excluding carboxylic acids is 1. The molecule has 0 radical (unpaired) electrons. The van der Waals surface area contributed by atoms with Gasteiger partial charge in [-0.05, 0) is 25.1 Å². The molecule has 98 valence electrons. The van der Waals surface area contributed by atoms with Gasteiger partial charge < -0.3 is 15.8 Å². The molecule has 1 aliphatic rings. The van der Waals surface area contributed by atoms with Crippen molar-refractivity contribution in [1.29, 1.82) is 0 Å². The number of nitrogens with two attached hydrogens (primary N) is 1. The van der Waals surface area contributed by atoms with E-state index in [4.69, 9.17) is 10.5 Å². The Morgan fingerprint density at radius 1 is 1.44 bits per heavy atom. The number of hydrogen-bond donors (Lipinski definition) is 2. The summed E-state index contributed by atoms with van der Waals surface area (Å²) in [6.45, 7) is 1.68. The molecule has 0 saturated carbocycles. The number of anilines is 1. The molecule has 0 fully saturated rings. The lowest BCUT2D eigenvalue weighted by Crippen LogP contribution is -2.34. The molecule has 3 N–H and O–H groups in total. The van der Waals surface area contributed by atoms with E-state index in [-0.39, 0.29) is 23.1 Å². The molecule has 18 heavy (non-hydrogen) atoms.